The van der Waals surface area contributed by atoms with E-state index in [1.807, 2.05) is 4.57 Å². The van der Waals surface area contributed by atoms with Gasteiger partial charge in [0.25, 0.3) is 0 Å². The Morgan fingerprint density at radius 2 is 1.21 bits per heavy atom. The van der Waals surface area contributed by atoms with Gasteiger partial charge in [0.2, 0.25) is 5.82 Å². The van der Waals surface area contributed by atoms with Crippen LogP contribution < -0.4 is 0 Å². The molecule has 0 saturated carbocycles. The van der Waals surface area contributed by atoms with E-state index < -0.39 is 22.1 Å². The van der Waals surface area contributed by atoms with E-state index in [4.69, 9.17) is 14.6 Å². The summed E-state index contributed by atoms with van der Waals surface area (Å²) in [4.78, 5) is 19.1. The molecule has 0 aliphatic carbocycles. The minimum atomic E-state index is -1.13. The van der Waals surface area contributed by atoms with Crippen molar-refractivity contribution in [3.8, 4) is 0 Å². The number of imidazole rings is 2. The van der Waals surface area contributed by atoms with Crippen molar-refractivity contribution >= 4 is 102 Å². The van der Waals surface area contributed by atoms with Gasteiger partial charge < -0.3 is 14.6 Å². The highest BCUT2D eigenvalue weighted by atomic mass is 79.9. The highest BCUT2D eigenvalue weighted by Crippen LogP contribution is 2.27. The maximum atomic E-state index is 11.0. The number of carboxylic acid groups (broad SMARTS) is 1. The van der Waals surface area contributed by atoms with Crippen molar-refractivity contribution in [2.75, 3.05) is 13.2 Å². The molecule has 2 heterocycles. The molecule has 0 unspecified atom stereocenters. The van der Waals surface area contributed by atoms with Crippen LogP contribution in [0.5, 0.6) is 0 Å². The van der Waals surface area contributed by atoms with Crippen molar-refractivity contribution in [1.82, 2.24) is 19.1 Å². The molecule has 0 spiro atoms. The van der Waals surface area contributed by atoms with Crippen LogP contribution in [-0.2, 0) is 22.9 Å². The molecule has 0 amide bonds. The number of ether oxygens (including phenoxy) is 2. The normalized spacial score (nSPS) is 12.0. The summed E-state index contributed by atoms with van der Waals surface area (Å²) in [6.07, 6.45) is 0. The fourth-order valence-corrected chi connectivity index (χ4v) is 6.17. The van der Waals surface area contributed by atoms with E-state index >= 15 is 0 Å². The molecule has 0 saturated heterocycles. The smallest absolute Gasteiger partial charge is 0.372 e. The average Bonchev–Trinajstić information content (AvgIpc) is 3.11. The van der Waals surface area contributed by atoms with Gasteiger partial charge in [-0.25, -0.2) is 14.8 Å². The minimum absolute atomic E-state index is 0.0400. The Morgan fingerprint density at radius 1 is 0.794 bits per heavy atom. The van der Waals surface area contributed by atoms with E-state index in [0.717, 1.165) is 26.6 Å². The van der Waals surface area contributed by atoms with E-state index in [9.17, 15) is 4.79 Å². The molecule has 15 heteroatoms. The van der Waals surface area contributed by atoms with Crippen LogP contribution in [0.4, 0.5) is 0 Å². The number of carboxylic acids is 1. The van der Waals surface area contributed by atoms with E-state index in [-0.39, 0.29) is 12.6 Å². The highest BCUT2D eigenvalue weighted by molar-refractivity contribution is 9.13. The number of hydrogen-bond acceptors (Lipinski definition) is 5. The quantitative estimate of drug-likeness (QED) is 0.183. The second kappa shape index (κ2) is 14.5. The standard InChI is InChI=1S/C10H16Br2N2O3Si.C9H15Br3N2OSi/c1-18(2,3)5-4-17-6-14-8(12)7(11)13-9(14)10(15)16;1-16(2,3)5-4-15-6-14-8(11)7(10)13-9(14)12/h4-6H2,1-3H3,(H,15,16);4-6H2,1-3H3. The zero-order chi connectivity index (χ0) is 26.3. The third-order valence-corrected chi connectivity index (χ3v) is 12.1. The first kappa shape index (κ1) is 32.7. The molecular weight excluding hydrogens is 804 g/mol. The van der Waals surface area contributed by atoms with Crippen LogP contribution in [0.15, 0.2) is 23.1 Å². The summed E-state index contributed by atoms with van der Waals surface area (Å²) >= 11 is 16.6. The van der Waals surface area contributed by atoms with E-state index in [1.54, 1.807) is 0 Å². The molecule has 34 heavy (non-hydrogen) atoms. The number of aromatic nitrogens is 4. The first-order valence-electron chi connectivity index (χ1n) is 10.4. The van der Waals surface area contributed by atoms with E-state index in [1.165, 1.54) is 10.6 Å². The van der Waals surface area contributed by atoms with Crippen molar-refractivity contribution < 1.29 is 19.4 Å². The van der Waals surface area contributed by atoms with Gasteiger partial charge in [-0.15, -0.1) is 0 Å². The Bertz CT molecular complexity index is 958. The van der Waals surface area contributed by atoms with Crippen LogP contribution in [0.2, 0.25) is 51.4 Å². The van der Waals surface area contributed by atoms with Gasteiger partial charge >= 0.3 is 5.97 Å². The number of nitrogens with zero attached hydrogens (tertiary/aromatic N) is 4. The van der Waals surface area contributed by atoms with Crippen LogP contribution in [-0.4, -0.2) is 59.5 Å². The lowest BCUT2D eigenvalue weighted by atomic mass is 10.6. The predicted octanol–water partition coefficient (Wildman–Crippen LogP) is 7.90. The number of aromatic carboxylic acids is 1. The fraction of sp³-hybridized carbons (Fsp3) is 0.632. The summed E-state index contributed by atoms with van der Waals surface area (Å²) in [7, 11) is -2.13. The van der Waals surface area contributed by atoms with Crippen LogP contribution in [0.1, 0.15) is 10.6 Å². The predicted molar refractivity (Wildman–Crippen MR) is 158 cm³/mol. The molecular formula is C19H31Br5N4O4Si2. The maximum Gasteiger partial charge on any atom is 0.372 e. The monoisotopic (exact) mass is 830 g/mol. The lowest BCUT2D eigenvalue weighted by molar-refractivity contribution is 0.0609. The van der Waals surface area contributed by atoms with Gasteiger partial charge in [-0.2, -0.15) is 0 Å². The van der Waals surface area contributed by atoms with E-state index in [2.05, 4.69) is 129 Å². The Hall–Kier alpha value is 0.644. The van der Waals surface area contributed by atoms with Gasteiger partial charge in [-0.1, -0.05) is 39.3 Å². The van der Waals surface area contributed by atoms with Gasteiger partial charge in [-0.3, -0.25) is 9.13 Å². The number of hydrogen-bond donors (Lipinski definition) is 1. The molecule has 0 aromatic carbocycles. The van der Waals surface area contributed by atoms with Crippen LogP contribution in [0, 0.1) is 0 Å². The lowest BCUT2D eigenvalue weighted by Gasteiger charge is -2.16. The van der Waals surface area contributed by atoms with Crippen molar-refractivity contribution in [1.29, 1.82) is 0 Å². The summed E-state index contributed by atoms with van der Waals surface area (Å²) < 4.78 is 18.1. The van der Waals surface area contributed by atoms with Crippen LogP contribution in [0.25, 0.3) is 0 Å². The molecule has 0 atom stereocenters. The highest BCUT2D eigenvalue weighted by Gasteiger charge is 2.19. The first-order valence-corrected chi connectivity index (χ1v) is 21.8. The van der Waals surface area contributed by atoms with Gasteiger partial charge in [0.05, 0.1) is 0 Å². The largest absolute Gasteiger partial charge is 0.475 e. The average molecular weight is 835 g/mol. The molecule has 0 bridgehead atoms. The van der Waals surface area contributed by atoms with Crippen molar-refractivity contribution in [2.45, 2.75) is 64.8 Å². The molecule has 2 aromatic heterocycles. The topological polar surface area (TPSA) is 91.4 Å². The summed E-state index contributed by atoms with van der Waals surface area (Å²) in [5.74, 6) is -1.11. The Balaban J connectivity index is 0.000000342. The molecule has 1 N–H and O–H groups in total. The van der Waals surface area contributed by atoms with Crippen molar-refractivity contribution in [2.24, 2.45) is 0 Å². The van der Waals surface area contributed by atoms with Gasteiger partial charge in [0, 0.05) is 29.4 Å². The zero-order valence-electron chi connectivity index (χ0n) is 20.1. The number of halogens is 5. The molecule has 0 fully saturated rings. The van der Waals surface area contributed by atoms with Crippen LogP contribution in [0.3, 0.4) is 0 Å². The summed E-state index contributed by atoms with van der Waals surface area (Å²) in [6.45, 7) is 16.0. The Morgan fingerprint density at radius 3 is 1.59 bits per heavy atom. The SMILES string of the molecule is C[Si](C)(C)CCOCn1c(Br)nc(Br)c1Br.C[Si](C)(C)CCOCn1c(C(=O)O)nc(Br)c1Br. The minimum Gasteiger partial charge on any atom is -0.475 e. The molecule has 2 aromatic rings. The Kier molecular flexibility index (Phi) is 14.0. The second-order valence-corrected chi connectivity index (χ2v) is 24.8. The molecule has 8 nitrogen and oxygen atoms in total. The van der Waals surface area contributed by atoms with Crippen molar-refractivity contribution in [3.63, 3.8) is 0 Å². The summed E-state index contributed by atoms with van der Waals surface area (Å²) in [5, 5.41) is 9.02. The van der Waals surface area contributed by atoms with Crippen molar-refractivity contribution in [3.05, 3.63) is 29.0 Å². The zero-order valence-corrected chi connectivity index (χ0v) is 30.0. The molecule has 0 aliphatic heterocycles. The number of rotatable bonds is 11. The van der Waals surface area contributed by atoms with E-state index in [0.29, 0.717) is 22.5 Å². The Labute approximate surface area is 245 Å². The van der Waals surface area contributed by atoms with Gasteiger partial charge in [0.15, 0.2) is 4.73 Å². The molecule has 0 aliphatic rings. The third kappa shape index (κ3) is 11.8. The van der Waals surface area contributed by atoms with Gasteiger partial charge in [0.1, 0.15) is 31.9 Å². The summed E-state index contributed by atoms with van der Waals surface area (Å²) in [6, 6.07) is 2.22. The molecule has 2 rings (SSSR count). The summed E-state index contributed by atoms with van der Waals surface area (Å²) in [5.41, 5.74) is 0. The van der Waals surface area contributed by atoms with Crippen LogP contribution >= 0.6 is 79.6 Å². The molecule has 194 valence electrons. The molecule has 0 radical (unpaired) electrons. The first-order chi connectivity index (χ1) is 15.5. The lowest BCUT2D eigenvalue weighted by Crippen LogP contribution is -2.22. The fourth-order valence-electron chi connectivity index (χ4n) is 2.24. The third-order valence-electron chi connectivity index (χ3n) is 4.31. The number of carbonyl (C=O) groups is 1. The second-order valence-electron chi connectivity index (χ2n) is 9.84. The maximum absolute atomic E-state index is 11.0. The van der Waals surface area contributed by atoms with Gasteiger partial charge in [-0.05, 0) is 91.7 Å².